The van der Waals surface area contributed by atoms with Gasteiger partial charge in [-0.15, -0.1) is 0 Å². The van der Waals surface area contributed by atoms with Crippen LogP contribution in [0.25, 0.3) is 0 Å². The van der Waals surface area contributed by atoms with E-state index in [0.717, 1.165) is 67.7 Å². The number of hydrogen-bond donors (Lipinski definition) is 1. The van der Waals surface area contributed by atoms with Gasteiger partial charge in [0.2, 0.25) is 5.91 Å². The van der Waals surface area contributed by atoms with Gasteiger partial charge in [-0.25, -0.2) is 0 Å². The normalized spacial score (nSPS) is 38.1. The Kier molecular flexibility index (Phi) is 5.22. The number of rotatable bonds is 8. The van der Waals surface area contributed by atoms with Gasteiger partial charge < -0.3 is 28.7 Å². The number of carbonyl (C=O) groups excluding carboxylic acids is 1. The van der Waals surface area contributed by atoms with Gasteiger partial charge in [0.05, 0.1) is 63.6 Å². The number of unbranched alkanes of at least 4 members (excludes halogenated alkanes) is 2. The van der Waals surface area contributed by atoms with Crippen molar-refractivity contribution in [2.45, 2.75) is 68.5 Å². The summed E-state index contributed by atoms with van der Waals surface area (Å²) < 4.78 is 18.9. The van der Waals surface area contributed by atoms with Crippen LogP contribution in [0.4, 0.5) is 5.69 Å². The number of piperidine rings is 2. The van der Waals surface area contributed by atoms with Gasteiger partial charge in [0.1, 0.15) is 12.6 Å². The molecule has 1 saturated carbocycles. The lowest BCUT2D eigenvalue weighted by atomic mass is 9.53. The lowest BCUT2D eigenvalue weighted by Crippen LogP contribution is -2.73. The second kappa shape index (κ2) is 8.21. The van der Waals surface area contributed by atoms with E-state index in [-0.39, 0.29) is 29.9 Å². The topological polar surface area (TPSA) is 85.3 Å². The Balaban J connectivity index is 1.36. The molecule has 1 aromatic rings. The Morgan fingerprint density at radius 2 is 2.03 bits per heavy atom. The minimum absolute atomic E-state index is 0.0277. The van der Waals surface area contributed by atoms with Crippen LogP contribution in [0.2, 0.25) is 0 Å². The molecule has 5 aliphatic heterocycles. The van der Waals surface area contributed by atoms with E-state index in [1.807, 2.05) is 6.07 Å². The molecular weight excluding hydrogens is 472 g/mol. The Labute approximate surface area is 217 Å². The third-order valence-electron chi connectivity index (χ3n) is 10.8. The predicted octanol–water partition coefficient (Wildman–Crippen LogP) is 3.27. The highest BCUT2D eigenvalue weighted by atomic mass is 16.5. The molecule has 0 radical (unpaired) electrons. The van der Waals surface area contributed by atoms with Crippen LogP contribution in [0.3, 0.4) is 0 Å². The van der Waals surface area contributed by atoms with Gasteiger partial charge in [0.15, 0.2) is 11.5 Å². The van der Waals surface area contributed by atoms with Gasteiger partial charge in [-0.1, -0.05) is 6.08 Å². The zero-order chi connectivity index (χ0) is 25.5. The van der Waals surface area contributed by atoms with Crippen molar-refractivity contribution in [1.82, 2.24) is 0 Å². The standard InChI is InChI=1S/C29H36N2O6/c1-35-21-13-19-20(14-22(21)36-2)30-25(32)15-23-27-18-12-24-29(19,28(27)30)8-10-31(24,16-17(18)7-11-37-23)9-5-3-4-6-26(33)34/h7,13-14,18,23-24,27-28H,3-6,8-12,15-16H2,1-2H3/p+1/t18-,23-,24-,27-,28-,29+,31?/m0/s1. The number of aliphatic carboxylic acids is 1. The number of fused-ring (bicyclic) bond motifs is 2. The maximum atomic E-state index is 13.8. The summed E-state index contributed by atoms with van der Waals surface area (Å²) in [4.78, 5) is 27.0. The summed E-state index contributed by atoms with van der Waals surface area (Å²) in [6.45, 7) is 3.82. The van der Waals surface area contributed by atoms with Crippen molar-refractivity contribution in [2.24, 2.45) is 11.8 Å². The minimum Gasteiger partial charge on any atom is -0.493 e. The average Bonchev–Trinajstić information content (AvgIpc) is 3.31. The third kappa shape index (κ3) is 3.03. The number of hydrogen-bond acceptors (Lipinski definition) is 5. The molecule has 37 heavy (non-hydrogen) atoms. The molecule has 8 heteroatoms. The SMILES string of the molecule is COc1cc2c(cc1OC)[C@@]13CC[N+]4(CCCCCC(=O)O)CC5=CCO[C@H]6CC(=O)N2[C@H]1[C@H]6[C@H]5C[C@@H]34. The van der Waals surface area contributed by atoms with Crippen molar-refractivity contribution in [2.75, 3.05) is 45.4 Å². The van der Waals surface area contributed by atoms with Gasteiger partial charge in [-0.05, 0) is 42.4 Å². The molecular formula is C29H37N2O6+. The number of nitrogens with zero attached hydrogens (tertiary/aromatic N) is 2. The first kappa shape index (κ1) is 23.5. The molecule has 198 valence electrons. The second-order valence-corrected chi connectivity index (χ2v) is 12.0. The first-order valence-corrected chi connectivity index (χ1v) is 13.9. The van der Waals surface area contributed by atoms with Crippen LogP contribution >= 0.6 is 0 Å². The van der Waals surface area contributed by atoms with Gasteiger partial charge in [0.25, 0.3) is 0 Å². The molecule has 5 heterocycles. The maximum absolute atomic E-state index is 13.8. The fraction of sp³-hybridized carbons (Fsp3) is 0.655. The number of anilines is 1. The molecule has 7 atom stereocenters. The number of benzene rings is 1. The quantitative estimate of drug-likeness (QED) is 0.329. The van der Waals surface area contributed by atoms with E-state index in [9.17, 15) is 9.59 Å². The zero-order valence-electron chi connectivity index (χ0n) is 21.8. The number of methoxy groups -OCH3 is 2. The summed E-state index contributed by atoms with van der Waals surface area (Å²) in [6.07, 6.45) is 7.89. The van der Waals surface area contributed by atoms with Gasteiger partial charge in [-0.3, -0.25) is 9.59 Å². The van der Waals surface area contributed by atoms with Crippen LogP contribution in [0, 0.1) is 11.8 Å². The number of carbonyl (C=O) groups is 2. The molecule has 1 unspecified atom stereocenters. The van der Waals surface area contributed by atoms with E-state index in [1.54, 1.807) is 14.2 Å². The van der Waals surface area contributed by atoms with Crippen LogP contribution < -0.4 is 14.4 Å². The fourth-order valence-corrected chi connectivity index (χ4v) is 9.54. The van der Waals surface area contributed by atoms with Crippen LogP contribution in [0.5, 0.6) is 11.5 Å². The number of ether oxygens (including phenoxy) is 3. The zero-order valence-corrected chi connectivity index (χ0v) is 21.8. The summed E-state index contributed by atoms with van der Waals surface area (Å²) in [5.41, 5.74) is 3.68. The molecule has 7 rings (SSSR count). The maximum Gasteiger partial charge on any atom is 0.303 e. The first-order chi connectivity index (χ1) is 17.9. The number of carboxylic acid groups (broad SMARTS) is 1. The van der Waals surface area contributed by atoms with Crippen LogP contribution in [0.15, 0.2) is 23.8 Å². The molecule has 1 aliphatic carbocycles. The molecule has 0 aromatic heterocycles. The summed E-state index contributed by atoms with van der Waals surface area (Å²) in [7, 11) is 3.34. The van der Waals surface area contributed by atoms with Crippen molar-refractivity contribution in [3.05, 3.63) is 29.3 Å². The summed E-state index contributed by atoms with van der Waals surface area (Å²) >= 11 is 0. The van der Waals surface area contributed by atoms with E-state index in [4.69, 9.17) is 19.3 Å². The number of amides is 1. The Bertz CT molecular complexity index is 1200. The summed E-state index contributed by atoms with van der Waals surface area (Å²) in [6, 6.07) is 4.74. The molecule has 1 aromatic carbocycles. The number of quaternary nitrogens is 1. The minimum atomic E-state index is -0.710. The number of carboxylic acids is 1. The van der Waals surface area contributed by atoms with Crippen molar-refractivity contribution in [1.29, 1.82) is 0 Å². The lowest BCUT2D eigenvalue weighted by molar-refractivity contribution is -0.943. The molecule has 1 spiro atoms. The lowest BCUT2D eigenvalue weighted by Gasteiger charge is -2.60. The van der Waals surface area contributed by atoms with E-state index in [0.29, 0.717) is 36.7 Å². The molecule has 6 aliphatic rings. The smallest absolute Gasteiger partial charge is 0.303 e. The second-order valence-electron chi connectivity index (χ2n) is 12.0. The Morgan fingerprint density at radius 1 is 1.22 bits per heavy atom. The largest absolute Gasteiger partial charge is 0.493 e. The van der Waals surface area contributed by atoms with Crippen LogP contribution in [-0.2, 0) is 19.7 Å². The van der Waals surface area contributed by atoms with Crippen LogP contribution in [0.1, 0.15) is 50.5 Å². The monoisotopic (exact) mass is 509 g/mol. The van der Waals surface area contributed by atoms with Crippen molar-refractivity contribution >= 4 is 17.6 Å². The molecule has 4 fully saturated rings. The third-order valence-corrected chi connectivity index (χ3v) is 10.8. The van der Waals surface area contributed by atoms with E-state index in [1.165, 1.54) is 11.1 Å². The highest BCUT2D eigenvalue weighted by molar-refractivity contribution is 5.99. The van der Waals surface area contributed by atoms with E-state index < -0.39 is 5.97 Å². The first-order valence-electron chi connectivity index (χ1n) is 13.9. The van der Waals surface area contributed by atoms with Gasteiger partial charge >= 0.3 is 5.97 Å². The van der Waals surface area contributed by atoms with Crippen molar-refractivity contribution in [3.63, 3.8) is 0 Å². The molecule has 2 bridgehead atoms. The Morgan fingerprint density at radius 3 is 2.81 bits per heavy atom. The fourth-order valence-electron chi connectivity index (χ4n) is 9.54. The predicted molar refractivity (Wildman–Crippen MR) is 136 cm³/mol. The van der Waals surface area contributed by atoms with E-state index >= 15 is 0 Å². The van der Waals surface area contributed by atoms with E-state index in [2.05, 4.69) is 17.0 Å². The van der Waals surface area contributed by atoms with Gasteiger partial charge in [0, 0.05) is 31.2 Å². The molecule has 1 amide bonds. The van der Waals surface area contributed by atoms with Gasteiger partial charge in [-0.2, -0.15) is 0 Å². The van der Waals surface area contributed by atoms with Crippen molar-refractivity contribution < 1.29 is 33.4 Å². The molecule has 1 N–H and O–H groups in total. The molecule has 8 nitrogen and oxygen atoms in total. The highest BCUT2D eigenvalue weighted by Gasteiger charge is 2.76. The summed E-state index contributed by atoms with van der Waals surface area (Å²) in [5, 5.41) is 9.08. The van der Waals surface area contributed by atoms with Crippen LogP contribution in [-0.4, -0.2) is 80.1 Å². The average molecular weight is 510 g/mol. The highest BCUT2D eigenvalue weighted by Crippen LogP contribution is 2.68. The van der Waals surface area contributed by atoms with Crippen molar-refractivity contribution in [3.8, 4) is 11.5 Å². The Hall–Kier alpha value is -2.58. The molecule has 3 saturated heterocycles. The summed E-state index contributed by atoms with van der Waals surface area (Å²) in [5.74, 6) is 1.62.